The van der Waals surface area contributed by atoms with E-state index < -0.39 is 17.4 Å². The Morgan fingerprint density at radius 2 is 1.44 bits per heavy atom. The molecule has 0 saturated carbocycles. The Hall–Kier alpha value is -1.14. The van der Waals surface area contributed by atoms with E-state index in [-0.39, 0.29) is 11.3 Å². The van der Waals surface area contributed by atoms with Crippen molar-refractivity contribution in [3.63, 3.8) is 0 Å². The monoisotopic (exact) mass is 388 g/mol. The second-order valence-corrected chi connectivity index (χ2v) is 7.93. The van der Waals surface area contributed by atoms with Gasteiger partial charge in [0, 0.05) is 10.1 Å². The van der Waals surface area contributed by atoms with Crippen molar-refractivity contribution in [2.24, 2.45) is 16.7 Å². The highest BCUT2D eigenvalue weighted by Crippen LogP contribution is 2.49. The molecule has 6 heteroatoms. The lowest BCUT2D eigenvalue weighted by Gasteiger charge is -2.43. The van der Waals surface area contributed by atoms with Crippen LogP contribution in [0.3, 0.4) is 0 Å². The smallest absolute Gasteiger partial charge is 0.266 e. The van der Waals surface area contributed by atoms with Gasteiger partial charge in [-0.2, -0.15) is 0 Å². The lowest BCUT2D eigenvalue weighted by Crippen LogP contribution is -2.45. The summed E-state index contributed by atoms with van der Waals surface area (Å²) >= 11 is 0. The van der Waals surface area contributed by atoms with Crippen LogP contribution in [-0.4, -0.2) is 11.9 Å². The van der Waals surface area contributed by atoms with Gasteiger partial charge in [0.1, 0.15) is 0 Å². The predicted octanol–water partition coefficient (Wildman–Crippen LogP) is 6.09. The fourth-order valence-corrected chi connectivity index (χ4v) is 3.51. The Kier molecular flexibility index (Phi) is 12.6. The van der Waals surface area contributed by atoms with Gasteiger partial charge in [-0.05, 0) is 37.5 Å². The number of unbranched alkanes of at least 4 members (excludes halogenated alkanes) is 2. The number of hydrogen-bond donors (Lipinski definition) is 0. The van der Waals surface area contributed by atoms with Crippen LogP contribution in [0.25, 0.3) is 0 Å². The van der Waals surface area contributed by atoms with Gasteiger partial charge in [0.2, 0.25) is 0 Å². The Balaban J connectivity index is 4.76. The van der Waals surface area contributed by atoms with E-state index in [1.807, 2.05) is 13.8 Å². The first-order valence-electron chi connectivity index (χ1n) is 10.5. The van der Waals surface area contributed by atoms with E-state index >= 15 is 0 Å². The number of rotatable bonds is 15. The number of hydrogen-bond acceptors (Lipinski definition) is 6. The molecule has 0 aliphatic carbocycles. The first-order chi connectivity index (χ1) is 12.8. The van der Waals surface area contributed by atoms with E-state index in [2.05, 4.69) is 49.6 Å². The third-order valence-electron chi connectivity index (χ3n) is 6.12. The molecule has 0 bridgehead atoms. The molecule has 27 heavy (non-hydrogen) atoms. The molecule has 0 aromatic rings. The summed E-state index contributed by atoms with van der Waals surface area (Å²) in [7, 11) is 0. The largest absolute Gasteiger partial charge is 0.352 e. The zero-order valence-electron chi connectivity index (χ0n) is 18.4. The molecule has 0 saturated heterocycles. The van der Waals surface area contributed by atoms with E-state index in [0.717, 1.165) is 38.5 Å². The molecular weight excluding hydrogens is 348 g/mol. The number of carbonyl (C=O) groups excluding carboxylic acids is 2. The van der Waals surface area contributed by atoms with Gasteiger partial charge in [0.15, 0.2) is 0 Å². The maximum Gasteiger partial charge on any atom is 0.352 e. The van der Waals surface area contributed by atoms with Gasteiger partial charge in [-0.3, -0.25) is 9.78 Å². The first-order valence-corrected chi connectivity index (χ1v) is 10.5. The molecular formula is C21H40O6. The van der Waals surface area contributed by atoms with Crippen molar-refractivity contribution in [2.75, 3.05) is 0 Å². The molecule has 0 radical (unpaired) electrons. The first kappa shape index (κ1) is 25.9. The van der Waals surface area contributed by atoms with Crippen LogP contribution >= 0.6 is 0 Å². The highest BCUT2D eigenvalue weighted by molar-refractivity contribution is 5.77. The Labute approximate surface area is 165 Å². The summed E-state index contributed by atoms with van der Waals surface area (Å²) < 4.78 is 0. The minimum absolute atomic E-state index is 0.248. The molecule has 0 aromatic heterocycles. The van der Waals surface area contributed by atoms with Crippen LogP contribution in [0, 0.1) is 16.7 Å². The van der Waals surface area contributed by atoms with Crippen LogP contribution in [0.4, 0.5) is 0 Å². The molecule has 0 spiro atoms. The molecule has 0 aromatic carbocycles. The second kappa shape index (κ2) is 13.1. The molecule has 2 unspecified atom stereocenters. The van der Waals surface area contributed by atoms with Gasteiger partial charge in [0.25, 0.3) is 0 Å². The lowest BCUT2D eigenvalue weighted by molar-refractivity contribution is -0.602. The fraction of sp³-hybridized carbons (Fsp3) is 0.905. The Bertz CT molecular complexity index is 434. The van der Waals surface area contributed by atoms with Crippen molar-refractivity contribution in [2.45, 2.75) is 106 Å². The van der Waals surface area contributed by atoms with E-state index in [4.69, 9.17) is 4.89 Å². The van der Waals surface area contributed by atoms with Crippen molar-refractivity contribution < 1.29 is 29.4 Å². The summed E-state index contributed by atoms with van der Waals surface area (Å²) in [6.45, 7) is 14.2. The zero-order valence-corrected chi connectivity index (χ0v) is 18.4. The van der Waals surface area contributed by atoms with E-state index in [1.54, 1.807) is 0 Å². The van der Waals surface area contributed by atoms with Crippen molar-refractivity contribution >= 4 is 11.9 Å². The van der Waals surface area contributed by atoms with Crippen molar-refractivity contribution in [1.29, 1.82) is 0 Å². The van der Waals surface area contributed by atoms with Gasteiger partial charge in [-0.1, -0.05) is 74.1 Å². The Morgan fingerprint density at radius 1 is 0.852 bits per heavy atom. The van der Waals surface area contributed by atoms with Crippen LogP contribution in [0.15, 0.2) is 0 Å². The molecule has 0 rings (SSSR count). The van der Waals surface area contributed by atoms with Gasteiger partial charge in [-0.25, -0.2) is 9.59 Å². The number of carbonyl (C=O) groups is 2. The van der Waals surface area contributed by atoms with Gasteiger partial charge in [0.05, 0.1) is 11.3 Å². The van der Waals surface area contributed by atoms with Crippen molar-refractivity contribution in [3.05, 3.63) is 0 Å². The van der Waals surface area contributed by atoms with Crippen LogP contribution in [0.5, 0.6) is 0 Å². The third kappa shape index (κ3) is 7.41. The average Bonchev–Trinajstić information content (AvgIpc) is 2.66. The van der Waals surface area contributed by atoms with Gasteiger partial charge >= 0.3 is 11.9 Å². The highest BCUT2D eigenvalue weighted by atomic mass is 17.7. The van der Waals surface area contributed by atoms with E-state index in [1.165, 1.54) is 0 Å². The van der Waals surface area contributed by atoms with Crippen LogP contribution in [0.2, 0.25) is 0 Å². The molecule has 160 valence electrons. The quantitative estimate of drug-likeness (QED) is 0.192. The van der Waals surface area contributed by atoms with Crippen LogP contribution < -0.4 is 0 Å². The lowest BCUT2D eigenvalue weighted by atomic mass is 9.60. The minimum Gasteiger partial charge on any atom is -0.266 e. The standard InChI is InChI=1S/C21H40O6/c1-8-13-15-17(10-3)18(22)24-26-27-25-19(23)21(12-5,16-14-9-2)20(6,7)11-4/h17H,8-16H2,1-7H3. The topological polar surface area (TPSA) is 71.1 Å². The maximum absolute atomic E-state index is 12.8. The molecule has 0 fully saturated rings. The van der Waals surface area contributed by atoms with Crippen molar-refractivity contribution in [3.8, 4) is 0 Å². The molecule has 0 heterocycles. The molecule has 0 amide bonds. The maximum atomic E-state index is 12.8. The average molecular weight is 389 g/mol. The van der Waals surface area contributed by atoms with Gasteiger partial charge in [-0.15, -0.1) is 0 Å². The normalized spacial score (nSPS) is 15.1. The molecule has 0 aliphatic rings. The predicted molar refractivity (Wildman–Crippen MR) is 104 cm³/mol. The molecule has 6 nitrogen and oxygen atoms in total. The summed E-state index contributed by atoms with van der Waals surface area (Å²) in [5, 5.41) is 8.93. The molecule has 0 N–H and O–H groups in total. The Morgan fingerprint density at radius 3 is 1.93 bits per heavy atom. The fourth-order valence-electron chi connectivity index (χ4n) is 3.51. The SMILES string of the molecule is CCCCC(CC)C(=O)OOOOC(=O)C(CC)(CCCC)C(C)(C)CC. The minimum atomic E-state index is -0.682. The second-order valence-electron chi connectivity index (χ2n) is 7.93. The zero-order chi connectivity index (χ0) is 20.9. The summed E-state index contributed by atoms with van der Waals surface area (Å²) in [6, 6.07) is 0. The van der Waals surface area contributed by atoms with Gasteiger partial charge < -0.3 is 0 Å². The van der Waals surface area contributed by atoms with E-state index in [9.17, 15) is 9.59 Å². The molecule has 2 atom stereocenters. The van der Waals surface area contributed by atoms with Crippen LogP contribution in [0.1, 0.15) is 106 Å². The highest BCUT2D eigenvalue weighted by Gasteiger charge is 2.50. The summed E-state index contributed by atoms with van der Waals surface area (Å²) in [5.41, 5.74) is -0.945. The summed E-state index contributed by atoms with van der Waals surface area (Å²) in [5.74, 6) is -1.24. The summed E-state index contributed by atoms with van der Waals surface area (Å²) in [4.78, 5) is 34.3. The molecule has 0 aliphatic heterocycles. The summed E-state index contributed by atoms with van der Waals surface area (Å²) in [6.07, 6.45) is 7.39. The van der Waals surface area contributed by atoms with Crippen LogP contribution in [-0.2, 0) is 29.4 Å². The third-order valence-corrected chi connectivity index (χ3v) is 6.12. The van der Waals surface area contributed by atoms with Crippen molar-refractivity contribution in [1.82, 2.24) is 0 Å². The van der Waals surface area contributed by atoms with E-state index in [0.29, 0.717) is 19.3 Å².